The summed E-state index contributed by atoms with van der Waals surface area (Å²) in [6.07, 6.45) is 1.53. The summed E-state index contributed by atoms with van der Waals surface area (Å²) in [6, 6.07) is 15.2. The number of imide groups is 1. The van der Waals surface area contributed by atoms with Crippen LogP contribution in [-0.2, 0) is 16.0 Å². The zero-order valence-electron chi connectivity index (χ0n) is 14.2. The number of amides is 2. The monoisotopic (exact) mass is 337 g/mol. The van der Waals surface area contributed by atoms with E-state index in [2.05, 4.69) is 0 Å². The van der Waals surface area contributed by atoms with Gasteiger partial charge in [-0.2, -0.15) is 0 Å². The molecule has 1 aliphatic heterocycles. The highest BCUT2D eigenvalue weighted by Gasteiger charge is 2.36. The molecule has 128 valence electrons. The van der Waals surface area contributed by atoms with Gasteiger partial charge in [-0.25, -0.2) is 9.69 Å². The van der Waals surface area contributed by atoms with Crippen LogP contribution in [-0.4, -0.2) is 30.6 Å². The second kappa shape index (κ2) is 7.21. The number of aryl methyl sites for hydroxylation is 1. The first-order chi connectivity index (χ1) is 12.1. The minimum atomic E-state index is -0.627. The fourth-order valence-electron chi connectivity index (χ4n) is 2.64. The Balaban J connectivity index is 1.68. The maximum atomic E-state index is 12.4. The number of hydrogen-bond acceptors (Lipinski definition) is 4. The molecule has 1 heterocycles. The van der Waals surface area contributed by atoms with Crippen LogP contribution in [0.15, 0.2) is 54.3 Å². The lowest BCUT2D eigenvalue weighted by molar-refractivity contribution is -0.123. The molecule has 25 heavy (non-hydrogen) atoms. The Kier molecular flexibility index (Phi) is 4.84. The van der Waals surface area contributed by atoms with Crippen LogP contribution in [0.2, 0.25) is 0 Å². The maximum absolute atomic E-state index is 12.4. The van der Waals surface area contributed by atoms with E-state index >= 15 is 0 Å². The predicted octanol–water partition coefficient (Wildman–Crippen LogP) is 3.57. The Hall–Kier alpha value is -3.08. The molecule has 2 amide bonds. The Morgan fingerprint density at radius 2 is 1.88 bits per heavy atom. The molecule has 0 aliphatic carbocycles. The van der Waals surface area contributed by atoms with Gasteiger partial charge in [0.05, 0.1) is 7.11 Å². The normalized spacial score (nSPS) is 15.6. The Morgan fingerprint density at radius 1 is 1.12 bits per heavy atom. The van der Waals surface area contributed by atoms with E-state index < -0.39 is 12.0 Å². The Bertz CT molecular complexity index is 824. The van der Waals surface area contributed by atoms with E-state index in [0.29, 0.717) is 6.42 Å². The molecule has 1 saturated heterocycles. The van der Waals surface area contributed by atoms with E-state index in [0.717, 1.165) is 27.3 Å². The molecule has 2 aromatic carbocycles. The summed E-state index contributed by atoms with van der Waals surface area (Å²) >= 11 is 0. The summed E-state index contributed by atoms with van der Waals surface area (Å²) in [7, 11) is 1.61. The van der Waals surface area contributed by atoms with Crippen molar-refractivity contribution in [2.24, 2.45) is 0 Å². The summed E-state index contributed by atoms with van der Waals surface area (Å²) in [5, 5.41) is 0. The van der Waals surface area contributed by atoms with Crippen molar-refractivity contribution in [3.63, 3.8) is 0 Å². The largest absolute Gasteiger partial charge is 0.497 e. The van der Waals surface area contributed by atoms with Crippen molar-refractivity contribution in [3.8, 4) is 5.75 Å². The van der Waals surface area contributed by atoms with Gasteiger partial charge in [-0.3, -0.25) is 4.79 Å². The van der Waals surface area contributed by atoms with Gasteiger partial charge in [0.15, 0.2) is 5.76 Å². The Labute approximate surface area is 146 Å². The molecule has 0 N–H and O–H groups in total. The second-order valence-corrected chi connectivity index (χ2v) is 5.85. The summed E-state index contributed by atoms with van der Waals surface area (Å²) in [4.78, 5) is 25.5. The van der Waals surface area contributed by atoms with E-state index in [1.54, 1.807) is 13.2 Å². The van der Waals surface area contributed by atoms with E-state index in [1.165, 1.54) is 0 Å². The minimum absolute atomic E-state index is 0.0605. The molecular weight excluding hydrogens is 318 g/mol. The number of rotatable bonds is 5. The van der Waals surface area contributed by atoms with Crippen molar-refractivity contribution < 1.29 is 19.1 Å². The van der Waals surface area contributed by atoms with Crippen LogP contribution in [0.5, 0.6) is 5.75 Å². The molecule has 0 radical (unpaired) electrons. The van der Waals surface area contributed by atoms with Crippen molar-refractivity contribution in [1.82, 2.24) is 4.90 Å². The molecule has 1 aliphatic rings. The lowest BCUT2D eigenvalue weighted by Gasteiger charge is -2.10. The number of nitrogens with zero attached hydrogens (tertiary/aromatic N) is 1. The van der Waals surface area contributed by atoms with Crippen LogP contribution in [0.3, 0.4) is 0 Å². The fourth-order valence-corrected chi connectivity index (χ4v) is 2.64. The van der Waals surface area contributed by atoms with Crippen molar-refractivity contribution in [1.29, 1.82) is 0 Å². The lowest BCUT2D eigenvalue weighted by Crippen LogP contribution is -2.30. The smallest absolute Gasteiger partial charge is 0.422 e. The highest BCUT2D eigenvalue weighted by atomic mass is 16.6. The van der Waals surface area contributed by atoms with Crippen LogP contribution in [0.25, 0.3) is 6.08 Å². The molecule has 0 unspecified atom stereocenters. The molecule has 0 bridgehead atoms. The first kappa shape index (κ1) is 16.8. The van der Waals surface area contributed by atoms with Gasteiger partial charge >= 0.3 is 6.09 Å². The quantitative estimate of drug-likeness (QED) is 0.783. The minimum Gasteiger partial charge on any atom is -0.497 e. The van der Waals surface area contributed by atoms with Crippen LogP contribution < -0.4 is 4.74 Å². The van der Waals surface area contributed by atoms with Crippen molar-refractivity contribution in [2.45, 2.75) is 13.3 Å². The zero-order chi connectivity index (χ0) is 17.8. The van der Waals surface area contributed by atoms with Crippen LogP contribution in [0.4, 0.5) is 4.79 Å². The molecule has 2 aromatic rings. The SMILES string of the molecule is COc1ccc(CCN2C(=O)O/C(=C/c3cccc(C)c3)C2=O)cc1. The number of benzene rings is 2. The third kappa shape index (κ3) is 3.88. The van der Waals surface area contributed by atoms with Gasteiger partial charge in [-0.15, -0.1) is 0 Å². The van der Waals surface area contributed by atoms with Crippen LogP contribution >= 0.6 is 0 Å². The number of carbonyl (C=O) groups is 2. The molecule has 1 fully saturated rings. The average Bonchev–Trinajstić information content (AvgIpc) is 2.87. The molecular formula is C20H19NO4. The van der Waals surface area contributed by atoms with Gasteiger partial charge < -0.3 is 9.47 Å². The molecule has 0 atom stereocenters. The van der Waals surface area contributed by atoms with Crippen LogP contribution in [0, 0.1) is 6.92 Å². The number of ether oxygens (including phenoxy) is 2. The number of cyclic esters (lactones) is 1. The van der Waals surface area contributed by atoms with Gasteiger partial charge in [0.1, 0.15) is 5.75 Å². The van der Waals surface area contributed by atoms with Crippen molar-refractivity contribution >= 4 is 18.1 Å². The molecule has 5 heteroatoms. The third-order valence-corrected chi connectivity index (χ3v) is 4.00. The summed E-state index contributed by atoms with van der Waals surface area (Å²) in [5.41, 5.74) is 2.91. The first-order valence-electron chi connectivity index (χ1n) is 8.02. The summed E-state index contributed by atoms with van der Waals surface area (Å²) < 4.78 is 10.2. The number of carbonyl (C=O) groups excluding carboxylic acids is 2. The number of methoxy groups -OCH3 is 1. The highest BCUT2D eigenvalue weighted by Crippen LogP contribution is 2.21. The molecule has 0 spiro atoms. The summed E-state index contributed by atoms with van der Waals surface area (Å²) in [5.74, 6) is 0.425. The van der Waals surface area contributed by atoms with E-state index in [1.807, 2.05) is 55.5 Å². The third-order valence-electron chi connectivity index (χ3n) is 4.00. The molecule has 0 aromatic heterocycles. The predicted molar refractivity (Wildman–Crippen MR) is 94.0 cm³/mol. The summed E-state index contributed by atoms with van der Waals surface area (Å²) in [6.45, 7) is 2.24. The van der Waals surface area contributed by atoms with E-state index in [-0.39, 0.29) is 12.3 Å². The van der Waals surface area contributed by atoms with Crippen LogP contribution in [0.1, 0.15) is 16.7 Å². The highest BCUT2D eigenvalue weighted by molar-refractivity contribution is 6.09. The van der Waals surface area contributed by atoms with E-state index in [9.17, 15) is 9.59 Å². The topological polar surface area (TPSA) is 55.8 Å². The van der Waals surface area contributed by atoms with Gasteiger partial charge in [-0.1, -0.05) is 42.0 Å². The van der Waals surface area contributed by atoms with Gasteiger partial charge in [0.25, 0.3) is 5.91 Å². The maximum Gasteiger partial charge on any atom is 0.422 e. The fraction of sp³-hybridized carbons (Fsp3) is 0.200. The van der Waals surface area contributed by atoms with Gasteiger partial charge in [0, 0.05) is 6.54 Å². The van der Waals surface area contributed by atoms with Gasteiger partial charge in [-0.05, 0) is 42.7 Å². The van der Waals surface area contributed by atoms with E-state index in [4.69, 9.17) is 9.47 Å². The number of hydrogen-bond donors (Lipinski definition) is 0. The van der Waals surface area contributed by atoms with Crippen molar-refractivity contribution in [2.75, 3.05) is 13.7 Å². The van der Waals surface area contributed by atoms with Gasteiger partial charge in [0.2, 0.25) is 0 Å². The Morgan fingerprint density at radius 3 is 2.56 bits per heavy atom. The molecule has 3 rings (SSSR count). The zero-order valence-corrected chi connectivity index (χ0v) is 14.2. The van der Waals surface area contributed by atoms with Crippen molar-refractivity contribution in [3.05, 3.63) is 71.0 Å². The second-order valence-electron chi connectivity index (χ2n) is 5.85. The lowest BCUT2D eigenvalue weighted by atomic mass is 10.1. The average molecular weight is 337 g/mol. The molecule has 0 saturated carbocycles. The molecule has 5 nitrogen and oxygen atoms in total. The first-order valence-corrected chi connectivity index (χ1v) is 8.02. The standard InChI is InChI=1S/C20H19NO4/c1-14-4-3-5-16(12-14)13-18-19(22)21(20(23)25-18)11-10-15-6-8-17(24-2)9-7-15/h3-9,12-13H,10-11H2,1-2H3/b18-13+.